The lowest BCUT2D eigenvalue weighted by Gasteiger charge is -2.02. The summed E-state index contributed by atoms with van der Waals surface area (Å²) in [5.74, 6) is 0.228. The number of aryl methyl sites for hydroxylation is 1. The normalized spacial score (nSPS) is 10.5. The van der Waals surface area contributed by atoms with Gasteiger partial charge in [0, 0.05) is 18.5 Å². The van der Waals surface area contributed by atoms with Gasteiger partial charge in [-0.05, 0) is 18.6 Å². The van der Waals surface area contributed by atoms with Crippen LogP contribution in [0.1, 0.15) is 28.9 Å². The number of nitrogens with zero attached hydrogens (tertiary/aromatic N) is 3. The molecule has 0 saturated heterocycles. The number of halogens is 1. The van der Waals surface area contributed by atoms with Gasteiger partial charge < -0.3 is 4.74 Å². The first-order chi connectivity index (χ1) is 9.11. The van der Waals surface area contributed by atoms with Crippen molar-refractivity contribution < 1.29 is 9.53 Å². The van der Waals surface area contributed by atoms with Crippen LogP contribution in [-0.2, 0) is 18.2 Å². The second kappa shape index (κ2) is 5.84. The number of carbonyl (C=O) groups is 1. The van der Waals surface area contributed by atoms with E-state index < -0.39 is 5.97 Å². The second-order valence-corrected chi connectivity index (χ2v) is 4.37. The van der Waals surface area contributed by atoms with Crippen LogP contribution < -0.4 is 0 Å². The van der Waals surface area contributed by atoms with Gasteiger partial charge in [-0.25, -0.2) is 9.78 Å². The summed E-state index contributed by atoms with van der Waals surface area (Å²) < 4.78 is 6.43. The Morgan fingerprint density at radius 3 is 2.84 bits per heavy atom. The zero-order valence-corrected chi connectivity index (χ0v) is 11.5. The summed E-state index contributed by atoms with van der Waals surface area (Å²) in [4.78, 5) is 15.7. The van der Waals surface area contributed by atoms with E-state index in [0.29, 0.717) is 23.9 Å². The maximum Gasteiger partial charge on any atom is 0.378 e. The molecule has 0 unspecified atom stereocenters. The number of ether oxygens (including phenoxy) is 1. The van der Waals surface area contributed by atoms with Crippen molar-refractivity contribution in [3.05, 3.63) is 46.5 Å². The van der Waals surface area contributed by atoms with Crippen LogP contribution in [0.25, 0.3) is 0 Å². The molecule has 1 aromatic carbocycles. The Balaban J connectivity index is 2.22. The number of rotatable bonds is 4. The highest BCUT2D eigenvalue weighted by atomic mass is 35.5. The molecule has 0 N–H and O–H groups in total. The molecule has 19 heavy (non-hydrogen) atoms. The summed E-state index contributed by atoms with van der Waals surface area (Å²) >= 11 is 6.10. The first kappa shape index (κ1) is 13.5. The predicted molar refractivity (Wildman–Crippen MR) is 71.2 cm³/mol. The van der Waals surface area contributed by atoms with Crippen LogP contribution in [-0.4, -0.2) is 27.3 Å². The predicted octanol–water partition coefficient (Wildman–Crippen LogP) is 2.24. The SMILES string of the molecule is CCOC(=O)c1nc(Cc2ccccc2Cl)n(C)n1. The molecule has 0 saturated carbocycles. The van der Waals surface area contributed by atoms with Gasteiger partial charge in [-0.1, -0.05) is 29.8 Å². The maximum atomic E-state index is 11.5. The van der Waals surface area contributed by atoms with Gasteiger partial charge in [0.05, 0.1) is 6.61 Å². The fourth-order valence-corrected chi connectivity index (χ4v) is 1.87. The zero-order chi connectivity index (χ0) is 13.8. The first-order valence-electron chi connectivity index (χ1n) is 5.92. The number of hydrogen-bond acceptors (Lipinski definition) is 4. The topological polar surface area (TPSA) is 57.0 Å². The number of aromatic nitrogens is 3. The standard InChI is InChI=1S/C13H14ClN3O2/c1-3-19-13(18)12-15-11(17(2)16-12)8-9-6-4-5-7-10(9)14/h4-7H,3,8H2,1-2H3. The van der Waals surface area contributed by atoms with Gasteiger partial charge in [-0.3, -0.25) is 4.68 Å². The molecule has 1 aromatic heterocycles. The molecule has 0 amide bonds. The zero-order valence-electron chi connectivity index (χ0n) is 10.8. The Hall–Kier alpha value is -1.88. The number of benzene rings is 1. The first-order valence-corrected chi connectivity index (χ1v) is 6.30. The summed E-state index contributed by atoms with van der Waals surface area (Å²) in [6, 6.07) is 7.51. The Kier molecular flexibility index (Phi) is 4.16. The van der Waals surface area contributed by atoms with Crippen LogP contribution in [0, 0.1) is 0 Å². The van der Waals surface area contributed by atoms with Gasteiger partial charge in [0.1, 0.15) is 5.82 Å². The highest BCUT2D eigenvalue weighted by Crippen LogP contribution is 2.18. The molecule has 0 spiro atoms. The molecular formula is C13H14ClN3O2. The average molecular weight is 280 g/mol. The quantitative estimate of drug-likeness (QED) is 0.806. The number of hydrogen-bond donors (Lipinski definition) is 0. The van der Waals surface area contributed by atoms with Crippen LogP contribution >= 0.6 is 11.6 Å². The van der Waals surface area contributed by atoms with Crippen molar-refractivity contribution >= 4 is 17.6 Å². The fourth-order valence-electron chi connectivity index (χ4n) is 1.66. The van der Waals surface area contributed by atoms with Crippen LogP contribution in [0.3, 0.4) is 0 Å². The third kappa shape index (κ3) is 3.12. The van der Waals surface area contributed by atoms with Crippen LogP contribution in [0.4, 0.5) is 0 Å². The molecule has 1 heterocycles. The summed E-state index contributed by atoms with van der Waals surface area (Å²) in [5.41, 5.74) is 0.940. The molecule has 0 aliphatic carbocycles. The molecule has 100 valence electrons. The van der Waals surface area contributed by atoms with Crippen molar-refractivity contribution in [1.29, 1.82) is 0 Å². The molecule has 6 heteroatoms. The summed E-state index contributed by atoms with van der Waals surface area (Å²) in [6.45, 7) is 2.04. The second-order valence-electron chi connectivity index (χ2n) is 3.96. The van der Waals surface area contributed by atoms with Gasteiger partial charge in [-0.2, -0.15) is 0 Å². The Bertz CT molecular complexity index is 595. The molecule has 0 radical (unpaired) electrons. The van der Waals surface area contributed by atoms with Gasteiger partial charge in [0.15, 0.2) is 0 Å². The lowest BCUT2D eigenvalue weighted by atomic mass is 10.1. The smallest absolute Gasteiger partial charge is 0.378 e. The monoisotopic (exact) mass is 279 g/mol. The van der Waals surface area contributed by atoms with Crippen molar-refractivity contribution in [3.8, 4) is 0 Å². The molecule has 0 fully saturated rings. The van der Waals surface area contributed by atoms with E-state index in [4.69, 9.17) is 16.3 Å². The molecule has 0 aliphatic heterocycles. The maximum absolute atomic E-state index is 11.5. The molecule has 5 nitrogen and oxygen atoms in total. The minimum Gasteiger partial charge on any atom is -0.460 e. The summed E-state index contributed by atoms with van der Waals surface area (Å²) in [7, 11) is 1.74. The lowest BCUT2D eigenvalue weighted by Crippen LogP contribution is -2.07. The van der Waals surface area contributed by atoms with E-state index in [1.807, 2.05) is 24.3 Å². The Morgan fingerprint density at radius 1 is 1.42 bits per heavy atom. The Morgan fingerprint density at radius 2 is 2.16 bits per heavy atom. The molecule has 0 aliphatic rings. The third-order valence-electron chi connectivity index (χ3n) is 2.62. The van der Waals surface area contributed by atoms with E-state index in [9.17, 15) is 4.79 Å². The van der Waals surface area contributed by atoms with E-state index in [-0.39, 0.29) is 5.82 Å². The van der Waals surface area contributed by atoms with E-state index in [0.717, 1.165) is 5.56 Å². The van der Waals surface area contributed by atoms with Crippen molar-refractivity contribution in [3.63, 3.8) is 0 Å². The van der Waals surface area contributed by atoms with E-state index in [1.54, 1.807) is 18.7 Å². The highest BCUT2D eigenvalue weighted by molar-refractivity contribution is 6.31. The third-order valence-corrected chi connectivity index (χ3v) is 2.99. The summed E-state index contributed by atoms with van der Waals surface area (Å²) in [6.07, 6.45) is 0.516. The van der Waals surface area contributed by atoms with Gasteiger partial charge in [0.2, 0.25) is 0 Å². The van der Waals surface area contributed by atoms with E-state index >= 15 is 0 Å². The van der Waals surface area contributed by atoms with Gasteiger partial charge in [-0.15, -0.1) is 5.10 Å². The molecular weight excluding hydrogens is 266 g/mol. The molecule has 0 bridgehead atoms. The minimum absolute atomic E-state index is 0.0754. The highest BCUT2D eigenvalue weighted by Gasteiger charge is 2.16. The van der Waals surface area contributed by atoms with Crippen LogP contribution in [0.5, 0.6) is 0 Å². The molecule has 0 atom stereocenters. The van der Waals surface area contributed by atoms with Crippen molar-refractivity contribution in [2.24, 2.45) is 7.05 Å². The Labute approximate surface area is 116 Å². The van der Waals surface area contributed by atoms with Crippen LogP contribution in [0.2, 0.25) is 5.02 Å². The van der Waals surface area contributed by atoms with E-state index in [1.165, 1.54) is 0 Å². The summed E-state index contributed by atoms with van der Waals surface area (Å²) in [5, 5.41) is 4.71. The van der Waals surface area contributed by atoms with Crippen molar-refractivity contribution in [2.75, 3.05) is 6.61 Å². The minimum atomic E-state index is -0.511. The molecule has 2 aromatic rings. The van der Waals surface area contributed by atoms with Gasteiger partial charge >= 0.3 is 5.97 Å². The molecule has 2 rings (SSSR count). The van der Waals surface area contributed by atoms with Crippen LogP contribution in [0.15, 0.2) is 24.3 Å². The average Bonchev–Trinajstić information content (AvgIpc) is 2.74. The lowest BCUT2D eigenvalue weighted by molar-refractivity contribution is 0.0512. The van der Waals surface area contributed by atoms with Crippen molar-refractivity contribution in [2.45, 2.75) is 13.3 Å². The largest absolute Gasteiger partial charge is 0.460 e. The van der Waals surface area contributed by atoms with Gasteiger partial charge in [0.25, 0.3) is 5.82 Å². The number of esters is 1. The number of carbonyl (C=O) groups excluding carboxylic acids is 1. The fraction of sp³-hybridized carbons (Fsp3) is 0.308. The van der Waals surface area contributed by atoms with Crippen molar-refractivity contribution in [1.82, 2.24) is 14.8 Å². The van der Waals surface area contributed by atoms with E-state index in [2.05, 4.69) is 10.1 Å².